The maximum Gasteiger partial charge on any atom is 0.145 e. The third kappa shape index (κ3) is 3.70. The Balaban J connectivity index is 3.09. The molecule has 1 rings (SSSR count). The summed E-state index contributed by atoms with van der Waals surface area (Å²) < 4.78 is 41.3. The fourth-order valence-corrected chi connectivity index (χ4v) is 1.71. The van der Waals surface area contributed by atoms with Crippen LogP contribution in [0.2, 0.25) is 0 Å². The van der Waals surface area contributed by atoms with E-state index in [4.69, 9.17) is 0 Å². The molecule has 0 aliphatic rings. The Morgan fingerprint density at radius 2 is 1.88 bits per heavy atom. The van der Waals surface area contributed by atoms with Crippen LogP contribution in [0.15, 0.2) is 22.6 Å². The fourth-order valence-electron chi connectivity index (χ4n) is 1.09. The quantitative estimate of drug-likeness (QED) is 0.750. The molecule has 0 aromatic heterocycles. The summed E-state index contributed by atoms with van der Waals surface area (Å²) in [6, 6.07) is 3.23. The van der Waals surface area contributed by atoms with Crippen molar-refractivity contribution in [2.45, 2.75) is 32.4 Å². The third-order valence-electron chi connectivity index (χ3n) is 2.06. The van der Waals surface area contributed by atoms with Crippen molar-refractivity contribution in [2.24, 2.45) is 4.40 Å². The van der Waals surface area contributed by atoms with E-state index in [-0.39, 0.29) is 5.56 Å². The van der Waals surface area contributed by atoms with Gasteiger partial charge in [0.25, 0.3) is 0 Å². The summed E-state index contributed by atoms with van der Waals surface area (Å²) in [7, 11) is -1.45. The van der Waals surface area contributed by atoms with Gasteiger partial charge in [0.1, 0.15) is 22.6 Å². The highest BCUT2D eigenvalue weighted by molar-refractivity contribution is 7.85. The van der Waals surface area contributed by atoms with Gasteiger partial charge in [-0.2, -0.15) is 4.40 Å². The van der Waals surface area contributed by atoms with E-state index in [1.807, 2.05) is 0 Å². The Labute approximate surface area is 102 Å². The van der Waals surface area contributed by atoms with Crippen molar-refractivity contribution < 1.29 is 13.0 Å². The van der Waals surface area contributed by atoms with Crippen LogP contribution in [0, 0.1) is 11.6 Å². The largest absolute Gasteiger partial charge is 0.234 e. The lowest BCUT2D eigenvalue weighted by atomic mass is 10.1. The molecule has 0 spiro atoms. The van der Waals surface area contributed by atoms with Gasteiger partial charge in [0, 0.05) is 11.6 Å². The Hall–Kier alpha value is -1.10. The second-order valence-electron chi connectivity index (χ2n) is 4.66. The SMILES string of the molecule is C/C(=N\[S@](=O)C(C)(C)C)c1ccc(F)cc1F. The first-order valence-corrected chi connectivity index (χ1v) is 6.25. The molecule has 5 heteroatoms. The minimum atomic E-state index is -1.45. The van der Waals surface area contributed by atoms with Crippen LogP contribution < -0.4 is 0 Å². The summed E-state index contributed by atoms with van der Waals surface area (Å²) in [5, 5.41) is 0. The number of hydrogen-bond donors (Lipinski definition) is 0. The zero-order chi connectivity index (χ0) is 13.2. The summed E-state index contributed by atoms with van der Waals surface area (Å²) in [6.07, 6.45) is 0. The van der Waals surface area contributed by atoms with Crippen LogP contribution in [0.25, 0.3) is 0 Å². The molecular weight excluding hydrogens is 244 g/mol. The zero-order valence-corrected chi connectivity index (χ0v) is 11.1. The molecule has 1 aromatic carbocycles. The molecule has 1 aromatic rings. The van der Waals surface area contributed by atoms with Crippen LogP contribution in [0.1, 0.15) is 33.3 Å². The minimum Gasteiger partial charge on any atom is -0.234 e. The summed E-state index contributed by atoms with van der Waals surface area (Å²) in [4.78, 5) is 0. The van der Waals surface area contributed by atoms with E-state index in [0.717, 1.165) is 12.1 Å². The number of nitrogens with zero attached hydrogens (tertiary/aromatic N) is 1. The maximum atomic E-state index is 13.4. The molecule has 2 nitrogen and oxygen atoms in total. The molecule has 0 heterocycles. The molecule has 0 saturated carbocycles. The fraction of sp³-hybridized carbons (Fsp3) is 0.417. The summed E-state index contributed by atoms with van der Waals surface area (Å²) in [5.74, 6) is -1.34. The molecule has 0 unspecified atom stereocenters. The van der Waals surface area contributed by atoms with Crippen molar-refractivity contribution in [3.05, 3.63) is 35.4 Å². The molecular formula is C12H15F2NOS. The molecule has 0 bridgehead atoms. The van der Waals surface area contributed by atoms with E-state index in [1.165, 1.54) is 6.07 Å². The van der Waals surface area contributed by atoms with Crippen molar-refractivity contribution in [3.63, 3.8) is 0 Å². The summed E-state index contributed by atoms with van der Waals surface area (Å²) in [6.45, 7) is 6.89. The molecule has 0 N–H and O–H groups in total. The first-order chi connectivity index (χ1) is 7.71. The van der Waals surface area contributed by atoms with Crippen molar-refractivity contribution in [1.82, 2.24) is 0 Å². The third-order valence-corrected chi connectivity index (χ3v) is 3.55. The molecule has 17 heavy (non-hydrogen) atoms. The molecule has 0 radical (unpaired) electrons. The van der Waals surface area contributed by atoms with Gasteiger partial charge >= 0.3 is 0 Å². The molecule has 1 atom stereocenters. The highest BCUT2D eigenvalue weighted by Crippen LogP contribution is 2.16. The Morgan fingerprint density at radius 3 is 2.35 bits per heavy atom. The van der Waals surface area contributed by atoms with E-state index in [1.54, 1.807) is 27.7 Å². The van der Waals surface area contributed by atoms with Crippen LogP contribution in [0.4, 0.5) is 8.78 Å². The Bertz CT molecular complexity index is 478. The van der Waals surface area contributed by atoms with Crippen LogP contribution >= 0.6 is 0 Å². The topological polar surface area (TPSA) is 29.4 Å². The second kappa shape index (κ2) is 5.04. The van der Waals surface area contributed by atoms with Crippen LogP contribution in [-0.2, 0) is 11.0 Å². The summed E-state index contributed by atoms with van der Waals surface area (Å²) in [5.41, 5.74) is 0.472. The van der Waals surface area contributed by atoms with Crippen molar-refractivity contribution in [2.75, 3.05) is 0 Å². The zero-order valence-electron chi connectivity index (χ0n) is 10.3. The van der Waals surface area contributed by atoms with Crippen molar-refractivity contribution in [3.8, 4) is 0 Å². The molecule has 0 aliphatic heterocycles. The van der Waals surface area contributed by atoms with Gasteiger partial charge in [-0.15, -0.1) is 0 Å². The van der Waals surface area contributed by atoms with Gasteiger partial charge in [-0.05, 0) is 39.8 Å². The van der Waals surface area contributed by atoms with Gasteiger partial charge in [-0.1, -0.05) is 0 Å². The number of rotatable bonds is 2. The van der Waals surface area contributed by atoms with Gasteiger partial charge < -0.3 is 0 Å². The first-order valence-electron chi connectivity index (χ1n) is 5.14. The predicted molar refractivity (Wildman–Crippen MR) is 66.5 cm³/mol. The summed E-state index contributed by atoms with van der Waals surface area (Å²) >= 11 is 0. The minimum absolute atomic E-state index is 0.170. The normalized spacial score (nSPS) is 14.8. The average Bonchev–Trinajstić information content (AvgIpc) is 2.15. The van der Waals surface area contributed by atoms with Gasteiger partial charge in [-0.25, -0.2) is 13.0 Å². The molecule has 0 saturated heterocycles. The van der Waals surface area contributed by atoms with Crippen LogP contribution in [0.5, 0.6) is 0 Å². The van der Waals surface area contributed by atoms with Crippen LogP contribution in [-0.4, -0.2) is 14.7 Å². The lowest BCUT2D eigenvalue weighted by Crippen LogP contribution is -2.20. The molecule has 0 amide bonds. The van der Waals surface area contributed by atoms with E-state index >= 15 is 0 Å². The number of benzene rings is 1. The lowest BCUT2D eigenvalue weighted by molar-refractivity contribution is 0.582. The van der Waals surface area contributed by atoms with E-state index in [9.17, 15) is 13.0 Å². The average molecular weight is 259 g/mol. The first kappa shape index (κ1) is 14.0. The van der Waals surface area contributed by atoms with Gasteiger partial charge in [0.2, 0.25) is 0 Å². The van der Waals surface area contributed by atoms with Crippen molar-refractivity contribution >= 4 is 16.7 Å². The van der Waals surface area contributed by atoms with Gasteiger partial charge in [0.15, 0.2) is 0 Å². The predicted octanol–water partition coefficient (Wildman–Crippen LogP) is 3.24. The molecule has 0 aliphatic carbocycles. The van der Waals surface area contributed by atoms with E-state index in [2.05, 4.69) is 4.40 Å². The Kier molecular flexibility index (Phi) is 4.14. The van der Waals surface area contributed by atoms with Gasteiger partial charge in [0.05, 0.1) is 10.5 Å². The maximum absolute atomic E-state index is 13.4. The second-order valence-corrected chi connectivity index (χ2v) is 6.57. The smallest absolute Gasteiger partial charge is 0.145 e. The van der Waals surface area contributed by atoms with Crippen molar-refractivity contribution in [1.29, 1.82) is 0 Å². The number of halogens is 2. The van der Waals surface area contributed by atoms with Crippen LogP contribution in [0.3, 0.4) is 0 Å². The standard InChI is InChI=1S/C12H15F2NOS/c1-8(15-17(16)12(2,3)4)10-6-5-9(13)7-11(10)14/h5-7H,1-4H3/b15-8+/t17-/m1/s1. The Morgan fingerprint density at radius 1 is 1.29 bits per heavy atom. The molecule has 0 fully saturated rings. The number of hydrogen-bond acceptors (Lipinski definition) is 1. The monoisotopic (exact) mass is 259 g/mol. The molecule has 94 valence electrons. The van der Waals surface area contributed by atoms with E-state index < -0.39 is 27.4 Å². The highest BCUT2D eigenvalue weighted by Gasteiger charge is 2.19. The van der Waals surface area contributed by atoms with E-state index in [0.29, 0.717) is 5.71 Å². The highest BCUT2D eigenvalue weighted by atomic mass is 32.2. The van der Waals surface area contributed by atoms with Gasteiger partial charge in [-0.3, -0.25) is 0 Å². The lowest BCUT2D eigenvalue weighted by Gasteiger charge is -2.14.